The number of aromatic nitrogens is 6. The molecule has 4 aromatic rings. The van der Waals surface area contributed by atoms with Crippen molar-refractivity contribution in [3.63, 3.8) is 0 Å². The minimum Gasteiger partial charge on any atom is -0.381 e. The Bertz CT molecular complexity index is 1230. The summed E-state index contributed by atoms with van der Waals surface area (Å²) < 4.78 is 5.49. The van der Waals surface area contributed by atoms with Crippen molar-refractivity contribution in [2.45, 2.75) is 19.3 Å². The Kier molecular flexibility index (Phi) is 4.31. The van der Waals surface area contributed by atoms with Crippen molar-refractivity contribution in [2.75, 3.05) is 32.2 Å². The lowest BCUT2D eigenvalue weighted by Crippen LogP contribution is -2.18. The lowest BCUT2D eigenvalue weighted by Gasteiger charge is -2.22. The van der Waals surface area contributed by atoms with Crippen molar-refractivity contribution < 1.29 is 4.74 Å². The fraction of sp³-hybridized carbons (Fsp3) is 0.400. The second-order valence-corrected chi connectivity index (χ2v) is 7.74. The fourth-order valence-electron chi connectivity index (χ4n) is 3.84. The summed E-state index contributed by atoms with van der Waals surface area (Å²) in [5.41, 5.74) is 5.14. The molecule has 0 amide bonds. The monoisotopic (exact) mass is 393 g/mol. The van der Waals surface area contributed by atoms with E-state index >= 15 is 0 Å². The number of hydrogen-bond acceptors (Lipinski definition) is 6. The Morgan fingerprint density at radius 3 is 2.59 bits per heavy atom. The molecule has 0 spiro atoms. The van der Waals surface area contributed by atoms with Crippen LogP contribution in [0.25, 0.3) is 33.6 Å². The van der Waals surface area contributed by atoms with E-state index in [2.05, 4.69) is 19.9 Å². The van der Waals surface area contributed by atoms with Gasteiger partial charge in [-0.05, 0) is 37.3 Å². The Hall–Kier alpha value is -3.20. The average molecular weight is 393 g/mol. The second-order valence-electron chi connectivity index (χ2n) is 7.74. The number of fused-ring (bicyclic) bond motifs is 2. The van der Waals surface area contributed by atoms with Crippen LogP contribution in [0.1, 0.15) is 18.5 Å². The van der Waals surface area contributed by atoms with Crippen LogP contribution < -0.4 is 10.6 Å². The van der Waals surface area contributed by atoms with Crippen molar-refractivity contribution in [1.29, 1.82) is 0 Å². The predicted molar refractivity (Wildman–Crippen MR) is 111 cm³/mol. The summed E-state index contributed by atoms with van der Waals surface area (Å²) in [4.78, 5) is 36.6. The third kappa shape index (κ3) is 3.38. The molecule has 3 aromatic heterocycles. The summed E-state index contributed by atoms with van der Waals surface area (Å²) in [6, 6.07) is 6.04. The van der Waals surface area contributed by atoms with E-state index in [9.17, 15) is 4.79 Å². The van der Waals surface area contributed by atoms with E-state index in [1.807, 2.05) is 37.2 Å². The predicted octanol–water partition coefficient (Wildman–Crippen LogP) is 2.22. The number of nitrogens with one attached hydrogen (secondary N) is 3. The van der Waals surface area contributed by atoms with E-state index in [0.29, 0.717) is 17.2 Å². The first-order valence-electron chi connectivity index (χ1n) is 9.81. The summed E-state index contributed by atoms with van der Waals surface area (Å²) in [6.07, 6.45) is 2.82. The van der Waals surface area contributed by atoms with Gasteiger partial charge in [-0.15, -0.1) is 0 Å². The van der Waals surface area contributed by atoms with Gasteiger partial charge >= 0.3 is 5.69 Å². The second kappa shape index (κ2) is 7.00. The zero-order chi connectivity index (χ0) is 20.0. The van der Waals surface area contributed by atoms with Gasteiger partial charge in [-0.25, -0.2) is 19.7 Å². The minimum absolute atomic E-state index is 0.297. The van der Waals surface area contributed by atoms with Gasteiger partial charge in [0.1, 0.15) is 0 Å². The zero-order valence-electron chi connectivity index (χ0n) is 16.5. The minimum atomic E-state index is -0.297. The number of ether oxygens (including phenoxy) is 1. The topological polar surface area (TPSA) is 116 Å². The highest BCUT2D eigenvalue weighted by Crippen LogP contribution is 2.29. The van der Waals surface area contributed by atoms with Crippen LogP contribution in [0, 0.1) is 5.92 Å². The van der Waals surface area contributed by atoms with Crippen LogP contribution >= 0.6 is 0 Å². The lowest BCUT2D eigenvalue weighted by atomic mass is 9.93. The summed E-state index contributed by atoms with van der Waals surface area (Å²) in [6.45, 7) is 1.56. The normalized spacial score (nSPS) is 15.4. The molecule has 5 rings (SSSR count). The number of aromatic amines is 3. The number of rotatable bonds is 4. The molecule has 3 N–H and O–H groups in total. The maximum Gasteiger partial charge on any atom is 0.326 e. The Morgan fingerprint density at radius 1 is 1.07 bits per heavy atom. The molecule has 4 heterocycles. The molecular weight excluding hydrogens is 370 g/mol. The van der Waals surface area contributed by atoms with Crippen LogP contribution in [-0.2, 0) is 11.2 Å². The van der Waals surface area contributed by atoms with Crippen molar-refractivity contribution in [2.24, 2.45) is 5.92 Å². The van der Waals surface area contributed by atoms with Crippen LogP contribution in [0.2, 0.25) is 0 Å². The van der Waals surface area contributed by atoms with Gasteiger partial charge in [0.05, 0.1) is 22.4 Å². The van der Waals surface area contributed by atoms with E-state index in [0.717, 1.165) is 66.4 Å². The molecule has 1 aliphatic rings. The molecule has 9 nitrogen and oxygen atoms in total. The Morgan fingerprint density at radius 2 is 1.83 bits per heavy atom. The maximum absolute atomic E-state index is 11.8. The third-order valence-corrected chi connectivity index (χ3v) is 5.42. The van der Waals surface area contributed by atoms with Gasteiger partial charge in [-0.3, -0.25) is 9.97 Å². The highest BCUT2D eigenvalue weighted by atomic mass is 16.5. The van der Waals surface area contributed by atoms with Crippen LogP contribution in [0.3, 0.4) is 0 Å². The number of anilines is 1. The zero-order valence-corrected chi connectivity index (χ0v) is 16.5. The first-order chi connectivity index (χ1) is 14.1. The van der Waals surface area contributed by atoms with Gasteiger partial charge in [-0.1, -0.05) is 6.07 Å². The summed E-state index contributed by atoms with van der Waals surface area (Å²) in [5.74, 6) is 1.30. The van der Waals surface area contributed by atoms with Gasteiger partial charge in [0.2, 0.25) is 5.95 Å². The molecule has 0 aliphatic carbocycles. The maximum atomic E-state index is 11.8. The molecule has 1 saturated heterocycles. The van der Waals surface area contributed by atoms with Gasteiger partial charge in [-0.2, -0.15) is 0 Å². The molecule has 29 heavy (non-hydrogen) atoms. The van der Waals surface area contributed by atoms with E-state index in [1.54, 1.807) is 0 Å². The quantitative estimate of drug-likeness (QED) is 0.490. The van der Waals surface area contributed by atoms with E-state index in [4.69, 9.17) is 14.7 Å². The molecule has 0 radical (unpaired) electrons. The number of benzene rings is 1. The molecule has 0 bridgehead atoms. The third-order valence-electron chi connectivity index (χ3n) is 5.42. The van der Waals surface area contributed by atoms with Crippen LogP contribution in [0.5, 0.6) is 0 Å². The summed E-state index contributed by atoms with van der Waals surface area (Å²) in [5, 5.41) is 0. The van der Waals surface area contributed by atoms with Gasteiger partial charge in [0.25, 0.3) is 0 Å². The molecule has 1 aliphatic heterocycles. The van der Waals surface area contributed by atoms with E-state index < -0.39 is 0 Å². The Labute approximate surface area is 166 Å². The highest BCUT2D eigenvalue weighted by molar-refractivity contribution is 5.84. The van der Waals surface area contributed by atoms with Crippen molar-refractivity contribution in [1.82, 2.24) is 29.9 Å². The summed E-state index contributed by atoms with van der Waals surface area (Å²) in [7, 11) is 3.90. The molecule has 1 fully saturated rings. The molecule has 0 atom stereocenters. The molecule has 1 aromatic carbocycles. The smallest absolute Gasteiger partial charge is 0.326 e. The van der Waals surface area contributed by atoms with Crippen LogP contribution in [-0.4, -0.2) is 57.2 Å². The molecular formula is C20H23N7O2. The van der Waals surface area contributed by atoms with Crippen molar-refractivity contribution >= 4 is 28.3 Å². The number of nitrogens with zero attached hydrogens (tertiary/aromatic N) is 4. The largest absolute Gasteiger partial charge is 0.381 e. The van der Waals surface area contributed by atoms with Gasteiger partial charge in [0.15, 0.2) is 11.3 Å². The molecule has 150 valence electrons. The first-order valence-corrected chi connectivity index (χ1v) is 9.81. The SMILES string of the molecule is CN(C)c1nc2ccc(-c3nc4[nH]c(=O)[nH]c4nc3CC3CCOCC3)cc2[nH]1. The van der Waals surface area contributed by atoms with Gasteiger partial charge in [0, 0.05) is 32.9 Å². The Balaban J connectivity index is 1.62. The van der Waals surface area contributed by atoms with Crippen molar-refractivity contribution in [3.8, 4) is 11.3 Å². The van der Waals surface area contributed by atoms with Crippen LogP contribution in [0.4, 0.5) is 5.95 Å². The standard InChI is InChI=1S/C20H23N7O2/c1-27(2)19-22-13-4-3-12(10-14(13)23-19)16-15(9-11-5-7-29-8-6-11)21-17-18(24-16)26-20(28)25-17/h3-4,10-11H,5-9H2,1-2H3,(H,22,23)(H2,21,24,25,26,28). The van der Waals surface area contributed by atoms with E-state index in [1.165, 1.54) is 0 Å². The highest BCUT2D eigenvalue weighted by Gasteiger charge is 2.20. The molecule has 0 unspecified atom stereocenters. The molecule has 9 heteroatoms. The van der Waals surface area contributed by atoms with Gasteiger partial charge < -0.3 is 14.6 Å². The van der Waals surface area contributed by atoms with Crippen LogP contribution in [0.15, 0.2) is 23.0 Å². The fourth-order valence-corrected chi connectivity index (χ4v) is 3.84. The number of H-pyrrole nitrogens is 3. The average Bonchev–Trinajstić information content (AvgIpc) is 3.29. The number of imidazole rings is 2. The lowest BCUT2D eigenvalue weighted by molar-refractivity contribution is 0.0663. The number of hydrogen-bond donors (Lipinski definition) is 3. The van der Waals surface area contributed by atoms with Crippen molar-refractivity contribution in [3.05, 3.63) is 34.4 Å². The summed E-state index contributed by atoms with van der Waals surface area (Å²) >= 11 is 0. The van der Waals surface area contributed by atoms with E-state index in [-0.39, 0.29) is 5.69 Å². The first kappa shape index (κ1) is 17.9. The molecule has 0 saturated carbocycles.